The van der Waals surface area contributed by atoms with E-state index in [-0.39, 0.29) is 5.56 Å². The summed E-state index contributed by atoms with van der Waals surface area (Å²) in [5.74, 6) is -0.996. The lowest BCUT2D eigenvalue weighted by molar-refractivity contribution is 0.603. The van der Waals surface area contributed by atoms with Gasteiger partial charge >= 0.3 is 0 Å². The standard InChI is InChI=1S/C10H9F2N3S/c11-6-1-2-8(12)7(5-6)10-15-14-9(16-10)3-4-13/h1-2,5H,3-4,13H2. The number of halogens is 2. The van der Waals surface area contributed by atoms with E-state index in [1.54, 1.807) is 0 Å². The summed E-state index contributed by atoms with van der Waals surface area (Å²) in [7, 11) is 0. The molecule has 84 valence electrons. The predicted octanol–water partition coefficient (Wildman–Crippen LogP) is 1.98. The van der Waals surface area contributed by atoms with E-state index in [0.717, 1.165) is 23.2 Å². The molecule has 0 aliphatic heterocycles. The molecule has 3 nitrogen and oxygen atoms in total. The zero-order valence-electron chi connectivity index (χ0n) is 8.28. The van der Waals surface area contributed by atoms with Crippen molar-refractivity contribution in [3.8, 4) is 10.6 Å². The van der Waals surface area contributed by atoms with Gasteiger partial charge in [-0.2, -0.15) is 0 Å². The largest absolute Gasteiger partial charge is 0.330 e. The minimum atomic E-state index is -0.503. The second kappa shape index (κ2) is 4.63. The van der Waals surface area contributed by atoms with Crippen molar-refractivity contribution in [2.24, 2.45) is 5.73 Å². The zero-order valence-corrected chi connectivity index (χ0v) is 9.10. The van der Waals surface area contributed by atoms with Gasteiger partial charge in [-0.25, -0.2) is 8.78 Å². The Kier molecular flexibility index (Phi) is 3.21. The van der Waals surface area contributed by atoms with Crippen LogP contribution in [0.4, 0.5) is 8.78 Å². The number of nitrogens with two attached hydrogens (primary N) is 1. The van der Waals surface area contributed by atoms with Gasteiger partial charge < -0.3 is 5.73 Å². The third-order valence-electron chi connectivity index (χ3n) is 1.98. The third-order valence-corrected chi connectivity index (χ3v) is 3.00. The minimum Gasteiger partial charge on any atom is -0.330 e. The first-order valence-electron chi connectivity index (χ1n) is 4.68. The molecule has 2 rings (SSSR count). The molecule has 0 amide bonds. The molecule has 0 unspecified atom stereocenters. The van der Waals surface area contributed by atoms with Gasteiger partial charge in [0, 0.05) is 6.42 Å². The Morgan fingerprint density at radius 1 is 1.25 bits per heavy atom. The second-order valence-electron chi connectivity index (χ2n) is 3.16. The van der Waals surface area contributed by atoms with Crippen molar-refractivity contribution in [3.63, 3.8) is 0 Å². The lowest BCUT2D eigenvalue weighted by Gasteiger charge is -1.97. The van der Waals surface area contributed by atoms with Gasteiger partial charge in [-0.1, -0.05) is 11.3 Å². The fraction of sp³-hybridized carbons (Fsp3) is 0.200. The zero-order chi connectivity index (χ0) is 11.5. The van der Waals surface area contributed by atoms with Crippen molar-refractivity contribution in [1.29, 1.82) is 0 Å². The number of nitrogens with zero attached hydrogens (tertiary/aromatic N) is 2. The maximum absolute atomic E-state index is 13.4. The van der Waals surface area contributed by atoms with E-state index in [4.69, 9.17) is 5.73 Å². The number of benzene rings is 1. The Balaban J connectivity index is 2.38. The topological polar surface area (TPSA) is 51.8 Å². The lowest BCUT2D eigenvalue weighted by atomic mass is 10.2. The van der Waals surface area contributed by atoms with Gasteiger partial charge in [-0.3, -0.25) is 0 Å². The van der Waals surface area contributed by atoms with Crippen molar-refractivity contribution in [2.45, 2.75) is 6.42 Å². The molecule has 0 fully saturated rings. The van der Waals surface area contributed by atoms with Gasteiger partial charge in [0.05, 0.1) is 5.56 Å². The van der Waals surface area contributed by atoms with Crippen molar-refractivity contribution < 1.29 is 8.78 Å². The molecule has 2 N–H and O–H groups in total. The van der Waals surface area contributed by atoms with Crippen LogP contribution >= 0.6 is 11.3 Å². The fourth-order valence-corrected chi connectivity index (χ4v) is 2.12. The van der Waals surface area contributed by atoms with Gasteiger partial charge in [0.15, 0.2) is 5.01 Å². The Bertz CT molecular complexity index is 499. The van der Waals surface area contributed by atoms with E-state index in [2.05, 4.69) is 10.2 Å². The average Bonchev–Trinajstić information content (AvgIpc) is 2.71. The van der Waals surface area contributed by atoms with Crippen LogP contribution in [-0.4, -0.2) is 16.7 Å². The van der Waals surface area contributed by atoms with E-state index < -0.39 is 11.6 Å². The fourth-order valence-electron chi connectivity index (χ4n) is 1.25. The normalized spacial score (nSPS) is 10.7. The number of rotatable bonds is 3. The second-order valence-corrected chi connectivity index (χ2v) is 4.23. The molecule has 0 atom stereocenters. The monoisotopic (exact) mass is 241 g/mol. The maximum Gasteiger partial charge on any atom is 0.150 e. The number of hydrogen-bond donors (Lipinski definition) is 1. The molecule has 2 aromatic rings. The predicted molar refractivity (Wildman–Crippen MR) is 58.0 cm³/mol. The quantitative estimate of drug-likeness (QED) is 0.894. The number of hydrogen-bond acceptors (Lipinski definition) is 4. The molecule has 0 saturated heterocycles. The first-order chi connectivity index (χ1) is 7.70. The van der Waals surface area contributed by atoms with Gasteiger partial charge in [0.1, 0.15) is 16.6 Å². The van der Waals surface area contributed by atoms with Crippen LogP contribution in [0.15, 0.2) is 18.2 Å². The molecule has 0 aliphatic carbocycles. The Labute approximate surface area is 94.9 Å². The molecule has 16 heavy (non-hydrogen) atoms. The first-order valence-corrected chi connectivity index (χ1v) is 5.50. The lowest BCUT2D eigenvalue weighted by Crippen LogP contribution is -2.01. The van der Waals surface area contributed by atoms with Gasteiger partial charge in [0.25, 0.3) is 0 Å². The highest BCUT2D eigenvalue weighted by molar-refractivity contribution is 7.14. The summed E-state index contributed by atoms with van der Waals surface area (Å²) in [5.41, 5.74) is 5.51. The SMILES string of the molecule is NCCc1nnc(-c2cc(F)ccc2F)s1. The molecule has 0 radical (unpaired) electrons. The summed E-state index contributed by atoms with van der Waals surface area (Å²) in [5, 5.41) is 8.76. The molecule has 0 spiro atoms. The van der Waals surface area contributed by atoms with E-state index in [1.165, 1.54) is 11.3 Å². The van der Waals surface area contributed by atoms with Gasteiger partial charge in [0.2, 0.25) is 0 Å². The Morgan fingerprint density at radius 3 is 2.81 bits per heavy atom. The molecule has 6 heteroatoms. The molecule has 1 heterocycles. The molecule has 1 aromatic heterocycles. The van der Waals surface area contributed by atoms with E-state index in [9.17, 15) is 8.78 Å². The highest BCUT2D eigenvalue weighted by Gasteiger charge is 2.11. The Morgan fingerprint density at radius 2 is 2.06 bits per heavy atom. The number of aromatic nitrogens is 2. The Hall–Kier alpha value is -1.40. The van der Waals surface area contributed by atoms with Crippen LogP contribution in [0.25, 0.3) is 10.6 Å². The van der Waals surface area contributed by atoms with E-state index >= 15 is 0 Å². The molecular formula is C10H9F2N3S. The van der Waals surface area contributed by atoms with Crippen molar-refractivity contribution in [2.75, 3.05) is 6.54 Å². The highest BCUT2D eigenvalue weighted by Crippen LogP contribution is 2.26. The summed E-state index contributed by atoms with van der Waals surface area (Å²) in [4.78, 5) is 0. The molecule has 1 aromatic carbocycles. The van der Waals surface area contributed by atoms with Crippen LogP contribution in [-0.2, 0) is 6.42 Å². The third kappa shape index (κ3) is 2.23. The summed E-state index contributed by atoms with van der Waals surface area (Å²) >= 11 is 1.22. The minimum absolute atomic E-state index is 0.140. The molecular weight excluding hydrogens is 232 g/mol. The van der Waals surface area contributed by atoms with Crippen molar-refractivity contribution in [3.05, 3.63) is 34.8 Å². The summed E-state index contributed by atoms with van der Waals surface area (Å²) in [6, 6.07) is 3.26. The summed E-state index contributed by atoms with van der Waals surface area (Å²) < 4.78 is 26.4. The summed E-state index contributed by atoms with van der Waals surface area (Å²) in [6.07, 6.45) is 0.592. The van der Waals surface area contributed by atoms with Crippen LogP contribution in [0, 0.1) is 11.6 Å². The maximum atomic E-state index is 13.4. The van der Waals surface area contributed by atoms with E-state index in [0.29, 0.717) is 18.0 Å². The average molecular weight is 241 g/mol. The molecule has 0 aliphatic rings. The van der Waals surface area contributed by atoms with E-state index in [1.807, 2.05) is 0 Å². The molecule has 0 saturated carbocycles. The molecule has 0 bridgehead atoms. The highest BCUT2D eigenvalue weighted by atomic mass is 32.1. The van der Waals surface area contributed by atoms with Crippen LogP contribution in [0.2, 0.25) is 0 Å². The van der Waals surface area contributed by atoms with Crippen LogP contribution in [0.3, 0.4) is 0 Å². The van der Waals surface area contributed by atoms with Gasteiger partial charge in [-0.05, 0) is 24.7 Å². The summed E-state index contributed by atoms with van der Waals surface area (Å²) in [6.45, 7) is 0.459. The van der Waals surface area contributed by atoms with Crippen LogP contribution in [0.1, 0.15) is 5.01 Å². The van der Waals surface area contributed by atoms with Crippen molar-refractivity contribution in [1.82, 2.24) is 10.2 Å². The van der Waals surface area contributed by atoms with Crippen LogP contribution < -0.4 is 5.73 Å². The van der Waals surface area contributed by atoms with Crippen molar-refractivity contribution >= 4 is 11.3 Å². The van der Waals surface area contributed by atoms with Gasteiger partial charge in [-0.15, -0.1) is 10.2 Å². The smallest absolute Gasteiger partial charge is 0.150 e. The van der Waals surface area contributed by atoms with Crippen LogP contribution in [0.5, 0.6) is 0 Å². The first kappa shape index (κ1) is 11.1.